The van der Waals surface area contributed by atoms with Crippen LogP contribution in [0.3, 0.4) is 0 Å². The van der Waals surface area contributed by atoms with E-state index in [4.69, 9.17) is 11.6 Å². The molecule has 0 fully saturated rings. The van der Waals surface area contributed by atoms with Gasteiger partial charge in [0.1, 0.15) is 0 Å². The van der Waals surface area contributed by atoms with Crippen molar-refractivity contribution >= 4 is 28.2 Å². The van der Waals surface area contributed by atoms with Crippen molar-refractivity contribution in [3.05, 3.63) is 47.2 Å². The summed E-state index contributed by atoms with van der Waals surface area (Å²) >= 11 is 5.98. The monoisotopic (exact) mass is 306 g/mol. The molecule has 0 aliphatic rings. The van der Waals surface area contributed by atoms with Crippen LogP contribution >= 0.6 is 11.6 Å². The van der Waals surface area contributed by atoms with Crippen LogP contribution in [0.2, 0.25) is 5.02 Å². The van der Waals surface area contributed by atoms with Gasteiger partial charge in [0.2, 0.25) is 0 Å². The zero-order valence-electron chi connectivity index (χ0n) is 14.2. The molecule has 2 heterocycles. The molecule has 0 atom stereocenters. The second-order valence-corrected chi connectivity index (χ2v) is 4.03. The number of halogens is 1. The van der Waals surface area contributed by atoms with Gasteiger partial charge >= 0.3 is 0 Å². The largest absolute Gasteiger partial charge is 0.313 e. The first-order valence-corrected chi connectivity index (χ1v) is 8.16. The van der Waals surface area contributed by atoms with Crippen molar-refractivity contribution in [2.45, 2.75) is 48.5 Å². The topological polar surface area (TPSA) is 17.3 Å². The molecule has 2 nitrogen and oxygen atoms in total. The predicted octanol–water partition coefficient (Wildman–Crippen LogP) is 6.53. The minimum absolute atomic E-state index is 0.739. The maximum Gasteiger partial charge on any atom is 0.0875 e. The summed E-state index contributed by atoms with van der Waals surface area (Å²) < 4.78 is 2.11. The van der Waals surface area contributed by atoms with Gasteiger partial charge in [-0.2, -0.15) is 0 Å². The smallest absolute Gasteiger partial charge is 0.0875 e. The molecule has 0 radical (unpaired) electrons. The molecule has 3 heteroatoms. The molecule has 0 bridgehead atoms. The number of nitrogens with zero attached hydrogens (tertiary/aromatic N) is 2. The van der Waals surface area contributed by atoms with Gasteiger partial charge in [0.05, 0.1) is 22.2 Å². The molecule has 0 N–H and O–H groups in total. The van der Waals surface area contributed by atoms with Crippen molar-refractivity contribution in [3.8, 4) is 0 Å². The van der Waals surface area contributed by atoms with Crippen LogP contribution in [0.25, 0.3) is 16.6 Å². The third-order valence-corrected chi connectivity index (χ3v) is 2.84. The summed E-state index contributed by atoms with van der Waals surface area (Å²) in [7, 11) is 0. The lowest BCUT2D eigenvalue weighted by atomic mass is 10.2. The Kier molecular flexibility index (Phi) is 9.48. The van der Waals surface area contributed by atoms with Gasteiger partial charge in [0.25, 0.3) is 0 Å². The van der Waals surface area contributed by atoms with Crippen molar-refractivity contribution in [2.75, 3.05) is 0 Å². The van der Waals surface area contributed by atoms with Crippen molar-refractivity contribution in [2.24, 2.45) is 0 Å². The molecule has 116 valence electrons. The lowest BCUT2D eigenvalue weighted by Gasteiger charge is -2.05. The molecule has 0 spiro atoms. The van der Waals surface area contributed by atoms with Gasteiger partial charge in [-0.25, -0.2) is 4.98 Å². The quantitative estimate of drug-likeness (QED) is 0.461. The highest BCUT2D eigenvalue weighted by molar-refractivity contribution is 6.31. The number of hydrogen-bond donors (Lipinski definition) is 0. The normalized spacial score (nSPS) is 8.95. The van der Waals surface area contributed by atoms with E-state index in [1.54, 1.807) is 0 Å². The SMILES string of the molecule is CC.CC.CC.Cc1nc2ccc(Cl)cc2n2cccc12. The molecule has 1 aromatic carbocycles. The second-order valence-electron chi connectivity index (χ2n) is 3.59. The average Bonchev–Trinajstić information content (AvgIpc) is 3.05. The molecule has 0 saturated heterocycles. The van der Waals surface area contributed by atoms with Crippen molar-refractivity contribution in [3.63, 3.8) is 0 Å². The van der Waals surface area contributed by atoms with Crippen LogP contribution in [0, 0.1) is 6.92 Å². The lowest BCUT2D eigenvalue weighted by Crippen LogP contribution is -1.93. The van der Waals surface area contributed by atoms with Gasteiger partial charge in [-0.3, -0.25) is 0 Å². The number of rotatable bonds is 0. The molecule has 3 aromatic rings. The van der Waals surface area contributed by atoms with Crippen molar-refractivity contribution < 1.29 is 0 Å². The summed E-state index contributed by atoms with van der Waals surface area (Å²) in [6.45, 7) is 14.0. The second kappa shape index (κ2) is 10.2. The highest BCUT2D eigenvalue weighted by atomic mass is 35.5. The predicted molar refractivity (Wildman–Crippen MR) is 96.5 cm³/mol. The molecule has 21 heavy (non-hydrogen) atoms. The molecule has 2 aromatic heterocycles. The summed E-state index contributed by atoms with van der Waals surface area (Å²) in [5.41, 5.74) is 4.19. The van der Waals surface area contributed by atoms with Crippen LogP contribution in [-0.2, 0) is 0 Å². The third kappa shape index (κ3) is 4.47. The van der Waals surface area contributed by atoms with E-state index in [9.17, 15) is 0 Å². The first-order valence-electron chi connectivity index (χ1n) is 7.78. The van der Waals surface area contributed by atoms with Crippen LogP contribution in [-0.4, -0.2) is 9.38 Å². The Balaban J connectivity index is 0.000000598. The minimum Gasteiger partial charge on any atom is -0.313 e. The first-order chi connectivity index (χ1) is 10.3. The van der Waals surface area contributed by atoms with Gasteiger partial charge in [0.15, 0.2) is 0 Å². The van der Waals surface area contributed by atoms with Gasteiger partial charge in [-0.1, -0.05) is 53.1 Å². The highest BCUT2D eigenvalue weighted by Gasteiger charge is 2.04. The van der Waals surface area contributed by atoms with E-state index in [1.165, 1.54) is 0 Å². The molecule has 0 aliphatic heterocycles. The van der Waals surface area contributed by atoms with Gasteiger partial charge in [0, 0.05) is 11.2 Å². The zero-order valence-corrected chi connectivity index (χ0v) is 15.0. The number of benzene rings is 1. The Morgan fingerprint density at radius 2 is 1.52 bits per heavy atom. The maximum atomic E-state index is 5.98. The zero-order chi connectivity index (χ0) is 16.4. The van der Waals surface area contributed by atoms with Crippen LogP contribution in [0.1, 0.15) is 47.2 Å². The summed E-state index contributed by atoms with van der Waals surface area (Å²) in [6.07, 6.45) is 2.03. The number of aryl methyl sites for hydroxylation is 1. The summed E-state index contributed by atoms with van der Waals surface area (Å²) in [6, 6.07) is 9.83. The molecular formula is C18H27ClN2. The van der Waals surface area contributed by atoms with E-state index < -0.39 is 0 Å². The first kappa shape index (κ1) is 19.5. The fourth-order valence-electron chi connectivity index (χ4n) is 1.91. The molecule has 0 aliphatic carbocycles. The molecular weight excluding hydrogens is 280 g/mol. The highest BCUT2D eigenvalue weighted by Crippen LogP contribution is 2.21. The number of fused-ring (bicyclic) bond motifs is 3. The summed E-state index contributed by atoms with van der Waals surface area (Å²) in [5, 5.41) is 0.739. The van der Waals surface area contributed by atoms with Crippen LogP contribution in [0.5, 0.6) is 0 Å². The van der Waals surface area contributed by atoms with E-state index >= 15 is 0 Å². The molecule has 0 unspecified atom stereocenters. The summed E-state index contributed by atoms with van der Waals surface area (Å²) in [4.78, 5) is 4.54. The Morgan fingerprint density at radius 3 is 2.14 bits per heavy atom. The van der Waals surface area contributed by atoms with Crippen LogP contribution < -0.4 is 0 Å². The molecule has 0 saturated carbocycles. The Morgan fingerprint density at radius 1 is 0.905 bits per heavy atom. The van der Waals surface area contributed by atoms with Crippen molar-refractivity contribution in [1.29, 1.82) is 0 Å². The lowest BCUT2D eigenvalue weighted by molar-refractivity contribution is 1.17. The third-order valence-electron chi connectivity index (χ3n) is 2.60. The van der Waals surface area contributed by atoms with Crippen LogP contribution in [0.4, 0.5) is 0 Å². The Labute approximate surface area is 133 Å². The van der Waals surface area contributed by atoms with E-state index in [2.05, 4.69) is 15.5 Å². The van der Waals surface area contributed by atoms with E-state index in [0.29, 0.717) is 0 Å². The summed E-state index contributed by atoms with van der Waals surface area (Å²) in [5.74, 6) is 0. The average molecular weight is 307 g/mol. The Hall–Kier alpha value is -1.54. The maximum absolute atomic E-state index is 5.98. The molecule has 0 amide bonds. The van der Waals surface area contributed by atoms with E-state index in [0.717, 1.165) is 27.3 Å². The van der Waals surface area contributed by atoms with Gasteiger partial charge in [-0.15, -0.1) is 0 Å². The van der Waals surface area contributed by atoms with Gasteiger partial charge < -0.3 is 4.40 Å². The van der Waals surface area contributed by atoms with E-state index in [1.807, 2.05) is 78.9 Å². The van der Waals surface area contributed by atoms with E-state index in [-0.39, 0.29) is 0 Å². The minimum atomic E-state index is 0.739. The van der Waals surface area contributed by atoms with Crippen molar-refractivity contribution in [1.82, 2.24) is 9.38 Å². The fraction of sp³-hybridized carbons (Fsp3) is 0.389. The van der Waals surface area contributed by atoms with Gasteiger partial charge in [-0.05, 0) is 37.3 Å². The Bertz CT molecular complexity index is 657. The number of hydrogen-bond acceptors (Lipinski definition) is 1. The van der Waals surface area contributed by atoms with Crippen LogP contribution in [0.15, 0.2) is 36.5 Å². The fourth-order valence-corrected chi connectivity index (χ4v) is 2.07. The molecule has 3 rings (SSSR count). The standard InChI is InChI=1S/C12H9ClN2.3C2H6/c1-8-11-3-2-6-15(11)12-7-9(13)4-5-10(12)14-8;3*1-2/h2-7H,1H3;3*1-2H3. The number of aromatic nitrogens is 2.